The molecule has 98 valence electrons. The van der Waals surface area contributed by atoms with Gasteiger partial charge in [-0.1, -0.05) is 41.4 Å². The van der Waals surface area contributed by atoms with Gasteiger partial charge in [-0.15, -0.1) is 0 Å². The number of aromatic carboxylic acids is 1. The summed E-state index contributed by atoms with van der Waals surface area (Å²) in [4.78, 5) is 10.9. The van der Waals surface area contributed by atoms with Crippen LogP contribution in [-0.2, 0) is 6.61 Å². The van der Waals surface area contributed by atoms with Crippen LogP contribution in [0.4, 0.5) is 0 Å². The van der Waals surface area contributed by atoms with Gasteiger partial charge in [-0.3, -0.25) is 0 Å². The van der Waals surface area contributed by atoms with Crippen LogP contribution in [0.5, 0.6) is 5.75 Å². The number of hydrogen-bond donors (Lipinski definition) is 1. The van der Waals surface area contributed by atoms with Crippen molar-refractivity contribution in [3.8, 4) is 5.75 Å². The molecule has 0 heterocycles. The standard InChI is InChI=1S/C14H10Cl2O3/c15-11-5-2-6-12(16)13(11)19-8-9-3-1-4-10(7-9)14(17)18/h1-7H,8H2,(H,17,18). The second-order valence-corrected chi connectivity index (χ2v) is 4.66. The molecule has 0 spiro atoms. The fourth-order valence-corrected chi connectivity index (χ4v) is 2.08. The van der Waals surface area contributed by atoms with Gasteiger partial charge in [0.2, 0.25) is 0 Å². The maximum absolute atomic E-state index is 10.9. The van der Waals surface area contributed by atoms with Gasteiger partial charge in [-0.05, 0) is 29.8 Å². The number of benzene rings is 2. The highest BCUT2D eigenvalue weighted by Gasteiger charge is 2.08. The van der Waals surface area contributed by atoms with Gasteiger partial charge in [0, 0.05) is 0 Å². The molecule has 2 aromatic carbocycles. The number of rotatable bonds is 4. The summed E-state index contributed by atoms with van der Waals surface area (Å²) in [6, 6.07) is 11.6. The third-order valence-corrected chi connectivity index (χ3v) is 3.07. The number of carboxylic acid groups (broad SMARTS) is 1. The van der Waals surface area contributed by atoms with E-state index in [1.165, 1.54) is 6.07 Å². The predicted molar refractivity (Wildman–Crippen MR) is 74.2 cm³/mol. The lowest BCUT2D eigenvalue weighted by molar-refractivity contribution is 0.0696. The first-order valence-electron chi connectivity index (χ1n) is 5.47. The van der Waals surface area contributed by atoms with E-state index in [4.69, 9.17) is 33.0 Å². The topological polar surface area (TPSA) is 46.5 Å². The van der Waals surface area contributed by atoms with E-state index in [2.05, 4.69) is 0 Å². The van der Waals surface area contributed by atoms with Gasteiger partial charge in [0.1, 0.15) is 6.61 Å². The van der Waals surface area contributed by atoms with Crippen molar-refractivity contribution >= 4 is 29.2 Å². The van der Waals surface area contributed by atoms with Crippen LogP contribution < -0.4 is 4.74 Å². The summed E-state index contributed by atoms with van der Waals surface area (Å²) < 4.78 is 5.53. The van der Waals surface area contributed by atoms with Crippen molar-refractivity contribution in [1.82, 2.24) is 0 Å². The minimum atomic E-state index is -0.974. The SMILES string of the molecule is O=C(O)c1cccc(COc2c(Cl)cccc2Cl)c1. The monoisotopic (exact) mass is 296 g/mol. The number of para-hydroxylation sites is 1. The van der Waals surface area contributed by atoms with E-state index in [1.54, 1.807) is 36.4 Å². The quantitative estimate of drug-likeness (QED) is 0.916. The van der Waals surface area contributed by atoms with E-state index in [1.807, 2.05) is 0 Å². The molecule has 1 N–H and O–H groups in total. The maximum Gasteiger partial charge on any atom is 0.335 e. The Morgan fingerprint density at radius 3 is 2.37 bits per heavy atom. The zero-order valence-corrected chi connectivity index (χ0v) is 11.3. The van der Waals surface area contributed by atoms with Gasteiger partial charge in [0.15, 0.2) is 5.75 Å². The summed E-state index contributed by atoms with van der Waals surface area (Å²) >= 11 is 11.9. The average molecular weight is 297 g/mol. The van der Waals surface area contributed by atoms with Gasteiger partial charge in [-0.2, -0.15) is 0 Å². The summed E-state index contributed by atoms with van der Waals surface area (Å²) in [6.07, 6.45) is 0. The molecular formula is C14H10Cl2O3. The van der Waals surface area contributed by atoms with Crippen molar-refractivity contribution in [3.05, 3.63) is 63.6 Å². The first-order chi connectivity index (χ1) is 9.08. The van der Waals surface area contributed by atoms with E-state index >= 15 is 0 Å². The van der Waals surface area contributed by atoms with Crippen molar-refractivity contribution < 1.29 is 14.6 Å². The summed E-state index contributed by atoms with van der Waals surface area (Å²) in [6.45, 7) is 0.199. The van der Waals surface area contributed by atoms with Crippen LogP contribution in [0, 0.1) is 0 Å². The molecule has 0 aromatic heterocycles. The van der Waals surface area contributed by atoms with Crippen LogP contribution in [-0.4, -0.2) is 11.1 Å². The average Bonchev–Trinajstić information content (AvgIpc) is 2.38. The molecule has 0 aliphatic heterocycles. The number of halogens is 2. The molecule has 2 rings (SSSR count). The van der Waals surface area contributed by atoms with Crippen LogP contribution in [0.2, 0.25) is 10.0 Å². The number of carbonyl (C=O) groups is 1. The first kappa shape index (κ1) is 13.7. The summed E-state index contributed by atoms with van der Waals surface area (Å²) in [5, 5.41) is 9.74. The Bertz CT molecular complexity index is 591. The Kier molecular flexibility index (Phi) is 4.30. The zero-order chi connectivity index (χ0) is 13.8. The van der Waals surface area contributed by atoms with Crippen LogP contribution >= 0.6 is 23.2 Å². The number of hydrogen-bond acceptors (Lipinski definition) is 2. The molecule has 0 radical (unpaired) electrons. The molecule has 0 aliphatic carbocycles. The van der Waals surface area contributed by atoms with Crippen LogP contribution in [0.1, 0.15) is 15.9 Å². The predicted octanol–water partition coefficient (Wildman–Crippen LogP) is 4.27. The second kappa shape index (κ2) is 5.95. The molecule has 0 saturated heterocycles. The van der Waals surface area contributed by atoms with Crippen molar-refractivity contribution in [2.45, 2.75) is 6.61 Å². The Labute approximate surface area is 120 Å². The van der Waals surface area contributed by atoms with Crippen LogP contribution in [0.3, 0.4) is 0 Å². The molecule has 0 unspecified atom stereocenters. The Hall–Kier alpha value is -1.71. The van der Waals surface area contributed by atoms with Gasteiger partial charge >= 0.3 is 5.97 Å². The molecule has 0 bridgehead atoms. The fourth-order valence-electron chi connectivity index (χ4n) is 1.57. The Morgan fingerprint density at radius 1 is 1.11 bits per heavy atom. The van der Waals surface area contributed by atoms with E-state index in [0.717, 1.165) is 5.56 Å². The van der Waals surface area contributed by atoms with Crippen LogP contribution in [0.25, 0.3) is 0 Å². The molecule has 0 atom stereocenters. The molecule has 3 nitrogen and oxygen atoms in total. The largest absolute Gasteiger partial charge is 0.486 e. The molecule has 19 heavy (non-hydrogen) atoms. The molecule has 0 amide bonds. The lowest BCUT2D eigenvalue weighted by atomic mass is 10.1. The molecule has 5 heteroatoms. The first-order valence-corrected chi connectivity index (χ1v) is 6.22. The zero-order valence-electron chi connectivity index (χ0n) is 9.77. The van der Waals surface area contributed by atoms with Crippen molar-refractivity contribution in [2.24, 2.45) is 0 Å². The van der Waals surface area contributed by atoms with E-state index in [-0.39, 0.29) is 12.2 Å². The Balaban J connectivity index is 2.15. The molecular weight excluding hydrogens is 287 g/mol. The molecule has 0 fully saturated rings. The Morgan fingerprint density at radius 2 is 1.74 bits per heavy atom. The highest BCUT2D eigenvalue weighted by atomic mass is 35.5. The van der Waals surface area contributed by atoms with Crippen LogP contribution in [0.15, 0.2) is 42.5 Å². The lowest BCUT2D eigenvalue weighted by Crippen LogP contribution is -2.00. The minimum absolute atomic E-state index is 0.199. The number of carboxylic acids is 1. The van der Waals surface area contributed by atoms with E-state index < -0.39 is 5.97 Å². The summed E-state index contributed by atoms with van der Waals surface area (Å²) in [7, 11) is 0. The summed E-state index contributed by atoms with van der Waals surface area (Å²) in [5.41, 5.74) is 0.947. The van der Waals surface area contributed by atoms with Gasteiger partial charge in [0.25, 0.3) is 0 Å². The summed E-state index contributed by atoms with van der Waals surface area (Å²) in [5.74, 6) is -0.579. The number of ether oxygens (including phenoxy) is 1. The van der Waals surface area contributed by atoms with E-state index in [0.29, 0.717) is 15.8 Å². The van der Waals surface area contributed by atoms with E-state index in [9.17, 15) is 4.79 Å². The van der Waals surface area contributed by atoms with Crippen molar-refractivity contribution in [1.29, 1.82) is 0 Å². The second-order valence-electron chi connectivity index (χ2n) is 3.84. The highest BCUT2D eigenvalue weighted by molar-refractivity contribution is 6.37. The van der Waals surface area contributed by atoms with Gasteiger partial charge in [0.05, 0.1) is 15.6 Å². The van der Waals surface area contributed by atoms with Crippen molar-refractivity contribution in [3.63, 3.8) is 0 Å². The van der Waals surface area contributed by atoms with Gasteiger partial charge in [-0.25, -0.2) is 4.79 Å². The molecule has 2 aromatic rings. The third-order valence-electron chi connectivity index (χ3n) is 2.48. The lowest BCUT2D eigenvalue weighted by Gasteiger charge is -2.10. The fraction of sp³-hybridized carbons (Fsp3) is 0.0714. The van der Waals surface area contributed by atoms with Gasteiger partial charge < -0.3 is 9.84 Å². The molecule has 0 aliphatic rings. The van der Waals surface area contributed by atoms with Crippen molar-refractivity contribution in [2.75, 3.05) is 0 Å². The smallest absolute Gasteiger partial charge is 0.335 e. The molecule has 0 saturated carbocycles. The normalized spacial score (nSPS) is 10.2. The third kappa shape index (κ3) is 3.40. The highest BCUT2D eigenvalue weighted by Crippen LogP contribution is 2.32. The maximum atomic E-state index is 10.9. The minimum Gasteiger partial charge on any atom is -0.486 e.